The van der Waals surface area contributed by atoms with Gasteiger partial charge in [0.05, 0.1) is 35.8 Å². The van der Waals surface area contributed by atoms with E-state index < -0.39 is 10.0 Å². The lowest BCUT2D eigenvalue weighted by molar-refractivity contribution is 0.0345. The number of aryl methyl sites for hydroxylation is 1. The predicted molar refractivity (Wildman–Crippen MR) is 103 cm³/mol. The van der Waals surface area contributed by atoms with E-state index in [1.165, 1.54) is 24.3 Å². The highest BCUT2D eigenvalue weighted by Crippen LogP contribution is 2.20. The molecule has 2 aromatic carbocycles. The average Bonchev–Trinajstić information content (AvgIpc) is 2.69. The summed E-state index contributed by atoms with van der Waals surface area (Å²) in [6, 6.07) is 15.5. The molecular weight excluding hydrogens is 362 g/mol. The van der Waals surface area contributed by atoms with Crippen LogP contribution in [-0.2, 0) is 14.8 Å². The molecule has 1 atom stereocenters. The number of sulfonamides is 1. The molecule has 1 N–H and O–H groups in total. The third kappa shape index (κ3) is 5.15. The van der Waals surface area contributed by atoms with E-state index in [9.17, 15) is 8.42 Å². The van der Waals surface area contributed by atoms with E-state index in [0.29, 0.717) is 25.3 Å². The number of hydrogen-bond donors (Lipinski definition) is 1. The molecule has 1 aliphatic heterocycles. The second-order valence-corrected chi connectivity index (χ2v) is 8.35. The Balaban J connectivity index is 1.84. The molecule has 1 fully saturated rings. The van der Waals surface area contributed by atoms with E-state index in [4.69, 9.17) is 10.00 Å². The number of morpholine rings is 1. The molecule has 1 saturated heterocycles. The Morgan fingerprint density at radius 2 is 1.74 bits per heavy atom. The van der Waals surface area contributed by atoms with Crippen molar-refractivity contribution in [3.63, 3.8) is 0 Å². The molecule has 7 heteroatoms. The topological polar surface area (TPSA) is 82.4 Å². The molecule has 3 rings (SSSR count). The molecule has 0 amide bonds. The van der Waals surface area contributed by atoms with Crippen molar-refractivity contribution in [2.75, 3.05) is 32.8 Å². The summed E-state index contributed by atoms with van der Waals surface area (Å²) in [5.74, 6) is 0. The smallest absolute Gasteiger partial charge is 0.241 e. The monoisotopic (exact) mass is 385 g/mol. The Morgan fingerprint density at radius 3 is 2.33 bits per heavy atom. The maximum atomic E-state index is 12.9. The first-order valence-corrected chi connectivity index (χ1v) is 10.4. The van der Waals surface area contributed by atoms with Gasteiger partial charge in [-0.15, -0.1) is 0 Å². The number of nitriles is 1. The van der Waals surface area contributed by atoms with E-state index >= 15 is 0 Å². The molecule has 1 aliphatic rings. The number of ether oxygens (including phenoxy) is 1. The van der Waals surface area contributed by atoms with E-state index in [1.807, 2.05) is 37.3 Å². The van der Waals surface area contributed by atoms with Gasteiger partial charge in [-0.1, -0.05) is 29.8 Å². The molecule has 0 aliphatic carbocycles. The largest absolute Gasteiger partial charge is 0.379 e. The summed E-state index contributed by atoms with van der Waals surface area (Å²) in [5, 5.41) is 8.90. The van der Waals surface area contributed by atoms with E-state index in [2.05, 4.69) is 9.62 Å². The van der Waals surface area contributed by atoms with Gasteiger partial charge in [-0.05, 0) is 36.8 Å². The van der Waals surface area contributed by atoms with Crippen molar-refractivity contribution in [2.45, 2.75) is 17.9 Å². The van der Waals surface area contributed by atoms with Gasteiger partial charge in [0.15, 0.2) is 0 Å². The van der Waals surface area contributed by atoms with Crippen molar-refractivity contribution in [3.8, 4) is 6.07 Å². The number of rotatable bonds is 6. The fourth-order valence-corrected chi connectivity index (χ4v) is 4.23. The molecule has 0 spiro atoms. The average molecular weight is 385 g/mol. The maximum Gasteiger partial charge on any atom is 0.241 e. The first kappa shape index (κ1) is 19.5. The van der Waals surface area contributed by atoms with Gasteiger partial charge < -0.3 is 4.74 Å². The standard InChI is InChI=1S/C20H23N3O3S/c1-16-2-6-18(7-3-16)20(15-23-10-12-26-13-11-23)22-27(24,25)19-8-4-17(14-21)5-9-19/h2-9,20,22H,10-13,15H2,1H3. The summed E-state index contributed by atoms with van der Waals surface area (Å²) in [6.45, 7) is 5.44. The predicted octanol–water partition coefficient (Wildman–Crippen LogP) is 2.22. The van der Waals surface area contributed by atoms with Crippen molar-refractivity contribution in [3.05, 3.63) is 65.2 Å². The quantitative estimate of drug-likeness (QED) is 0.824. The minimum Gasteiger partial charge on any atom is -0.379 e. The van der Waals surface area contributed by atoms with Crippen LogP contribution in [0.3, 0.4) is 0 Å². The van der Waals surface area contributed by atoms with Crippen LogP contribution >= 0.6 is 0 Å². The van der Waals surface area contributed by atoms with Crippen LogP contribution in [0.4, 0.5) is 0 Å². The van der Waals surface area contributed by atoms with Crippen LogP contribution in [0.1, 0.15) is 22.7 Å². The molecule has 142 valence electrons. The lowest BCUT2D eigenvalue weighted by Crippen LogP contribution is -2.43. The zero-order valence-corrected chi connectivity index (χ0v) is 16.1. The highest BCUT2D eigenvalue weighted by atomic mass is 32.2. The third-order valence-corrected chi connectivity index (χ3v) is 6.10. The fraction of sp³-hybridized carbons (Fsp3) is 0.350. The van der Waals surface area contributed by atoms with Gasteiger partial charge in [-0.25, -0.2) is 13.1 Å². The van der Waals surface area contributed by atoms with E-state index in [1.54, 1.807) is 0 Å². The molecule has 27 heavy (non-hydrogen) atoms. The van der Waals surface area contributed by atoms with Crippen LogP contribution in [0, 0.1) is 18.3 Å². The zero-order chi connectivity index (χ0) is 19.3. The summed E-state index contributed by atoms with van der Waals surface area (Å²) in [4.78, 5) is 2.36. The zero-order valence-electron chi connectivity index (χ0n) is 15.3. The Labute approximate surface area is 160 Å². The second kappa shape index (κ2) is 8.63. The highest BCUT2D eigenvalue weighted by molar-refractivity contribution is 7.89. The van der Waals surface area contributed by atoms with Crippen molar-refractivity contribution in [2.24, 2.45) is 0 Å². The van der Waals surface area contributed by atoms with Crippen LogP contribution in [0.25, 0.3) is 0 Å². The van der Waals surface area contributed by atoms with Gasteiger partial charge >= 0.3 is 0 Å². The summed E-state index contributed by atoms with van der Waals surface area (Å²) < 4.78 is 34.0. The molecular formula is C20H23N3O3S. The van der Waals surface area contributed by atoms with Gasteiger partial charge in [-0.3, -0.25) is 4.90 Å². The highest BCUT2D eigenvalue weighted by Gasteiger charge is 2.24. The molecule has 0 aromatic heterocycles. The Kier molecular flexibility index (Phi) is 6.24. The normalized spacial score (nSPS) is 16.6. The first-order valence-electron chi connectivity index (χ1n) is 8.87. The summed E-state index contributed by atoms with van der Waals surface area (Å²) in [7, 11) is -3.71. The maximum absolute atomic E-state index is 12.9. The number of hydrogen-bond acceptors (Lipinski definition) is 5. The second-order valence-electron chi connectivity index (χ2n) is 6.63. The van der Waals surface area contributed by atoms with E-state index in [-0.39, 0.29) is 10.9 Å². The van der Waals surface area contributed by atoms with Crippen molar-refractivity contribution in [1.29, 1.82) is 5.26 Å². The lowest BCUT2D eigenvalue weighted by Gasteiger charge is -2.31. The van der Waals surface area contributed by atoms with Crippen LogP contribution in [-0.4, -0.2) is 46.2 Å². The first-order chi connectivity index (χ1) is 13.0. The van der Waals surface area contributed by atoms with Crippen molar-refractivity contribution in [1.82, 2.24) is 9.62 Å². The molecule has 0 saturated carbocycles. The fourth-order valence-electron chi connectivity index (χ4n) is 3.02. The Bertz CT molecular complexity index is 897. The molecule has 2 aromatic rings. The van der Waals surface area contributed by atoms with Gasteiger partial charge in [0.1, 0.15) is 0 Å². The van der Waals surface area contributed by atoms with E-state index in [0.717, 1.165) is 24.2 Å². The molecule has 6 nitrogen and oxygen atoms in total. The number of benzene rings is 2. The molecule has 1 heterocycles. The van der Waals surface area contributed by atoms with Crippen molar-refractivity contribution < 1.29 is 13.2 Å². The van der Waals surface area contributed by atoms with Crippen molar-refractivity contribution >= 4 is 10.0 Å². The SMILES string of the molecule is Cc1ccc(C(CN2CCOCC2)NS(=O)(=O)c2ccc(C#N)cc2)cc1. The van der Waals surface area contributed by atoms with Gasteiger partial charge in [0.2, 0.25) is 10.0 Å². The minimum absolute atomic E-state index is 0.153. The summed E-state index contributed by atoms with van der Waals surface area (Å²) in [5.41, 5.74) is 2.47. The third-order valence-electron chi connectivity index (χ3n) is 4.62. The summed E-state index contributed by atoms with van der Waals surface area (Å²) >= 11 is 0. The van der Waals surface area contributed by atoms with Gasteiger partial charge in [0, 0.05) is 19.6 Å². The van der Waals surface area contributed by atoms with Crippen LogP contribution in [0.15, 0.2) is 53.4 Å². The molecule has 0 bridgehead atoms. The molecule has 0 radical (unpaired) electrons. The van der Waals surface area contributed by atoms with Crippen LogP contribution in [0.2, 0.25) is 0 Å². The number of nitrogens with one attached hydrogen (secondary N) is 1. The van der Waals surface area contributed by atoms with Crippen LogP contribution < -0.4 is 4.72 Å². The minimum atomic E-state index is -3.71. The van der Waals surface area contributed by atoms with Crippen LogP contribution in [0.5, 0.6) is 0 Å². The number of nitrogens with zero attached hydrogens (tertiary/aromatic N) is 2. The Morgan fingerprint density at radius 1 is 1.11 bits per heavy atom. The van der Waals surface area contributed by atoms with Gasteiger partial charge in [-0.2, -0.15) is 5.26 Å². The Hall–Kier alpha value is -2.24. The van der Waals surface area contributed by atoms with Gasteiger partial charge in [0.25, 0.3) is 0 Å². The molecule has 1 unspecified atom stereocenters. The lowest BCUT2D eigenvalue weighted by atomic mass is 10.1. The summed E-state index contributed by atoms with van der Waals surface area (Å²) in [6.07, 6.45) is 0.